The molecule has 0 bridgehead atoms. The number of nitrogens with two attached hydrogens (primary N) is 1. The van der Waals surface area contributed by atoms with Crippen LogP contribution in [0.2, 0.25) is 0 Å². The van der Waals surface area contributed by atoms with Gasteiger partial charge in [0.25, 0.3) is 0 Å². The van der Waals surface area contributed by atoms with Crippen molar-refractivity contribution in [2.45, 2.75) is 56.5 Å². The summed E-state index contributed by atoms with van der Waals surface area (Å²) in [5.74, 6) is 1.05. The minimum Gasteiger partial charge on any atom is -0.342 e. The molecule has 2 N–H and O–H groups in total. The molecule has 1 fully saturated rings. The van der Waals surface area contributed by atoms with Gasteiger partial charge in [-0.05, 0) is 26.7 Å². The summed E-state index contributed by atoms with van der Waals surface area (Å²) in [5, 5.41) is 8.91. The minimum absolute atomic E-state index is 0.136. The number of hydrogen-bond acceptors (Lipinski definition) is 5. The second kappa shape index (κ2) is 7.79. The average molecular weight is 311 g/mol. The number of hydrogen-bond donors (Lipinski definition) is 1. The fourth-order valence-corrected chi connectivity index (χ4v) is 3.60. The van der Waals surface area contributed by atoms with E-state index in [1.54, 1.807) is 0 Å². The van der Waals surface area contributed by atoms with Gasteiger partial charge in [-0.3, -0.25) is 4.79 Å². The largest absolute Gasteiger partial charge is 0.342 e. The van der Waals surface area contributed by atoms with E-state index in [0.29, 0.717) is 13.1 Å². The Bertz CT molecular complexity index is 468. The normalized spacial score (nSPS) is 17.6. The highest BCUT2D eigenvalue weighted by molar-refractivity contribution is 8.00. The molecule has 1 atom stereocenters. The molecule has 1 aliphatic heterocycles. The number of likely N-dealkylation sites (tertiary alicyclic amines) is 1. The Morgan fingerprint density at radius 2 is 1.95 bits per heavy atom. The zero-order chi connectivity index (χ0) is 15.2. The lowest BCUT2D eigenvalue weighted by Gasteiger charge is -2.23. The van der Waals surface area contributed by atoms with Gasteiger partial charge in [0.1, 0.15) is 5.82 Å². The minimum atomic E-state index is -0.136. The Hall–Kier alpha value is -1.08. The summed E-state index contributed by atoms with van der Waals surface area (Å²) in [6, 6.07) is 0. The number of aromatic nitrogens is 3. The molecule has 0 spiro atoms. The predicted octanol–water partition coefficient (Wildman–Crippen LogP) is 1.43. The standard InChI is InChI=1S/C14H25N5OS/c1-11(13(20)18-8-5-3-4-6-9-18)21-14-17-16-12(2)19(14)10-7-15/h11H,3-10,15H2,1-2H3. The van der Waals surface area contributed by atoms with Crippen LogP contribution in [-0.2, 0) is 11.3 Å². The number of amides is 1. The number of rotatable bonds is 5. The molecule has 1 aromatic heterocycles. The zero-order valence-corrected chi connectivity index (χ0v) is 13.7. The molecular weight excluding hydrogens is 286 g/mol. The number of nitrogens with zero attached hydrogens (tertiary/aromatic N) is 4. The maximum absolute atomic E-state index is 12.6. The molecule has 0 saturated carbocycles. The summed E-state index contributed by atoms with van der Waals surface area (Å²) < 4.78 is 1.98. The van der Waals surface area contributed by atoms with Crippen molar-refractivity contribution in [1.29, 1.82) is 0 Å². The van der Waals surface area contributed by atoms with E-state index in [4.69, 9.17) is 5.73 Å². The maximum Gasteiger partial charge on any atom is 0.235 e. The van der Waals surface area contributed by atoms with E-state index in [9.17, 15) is 4.79 Å². The van der Waals surface area contributed by atoms with Gasteiger partial charge in [0.15, 0.2) is 5.16 Å². The molecule has 7 heteroatoms. The quantitative estimate of drug-likeness (QED) is 0.832. The van der Waals surface area contributed by atoms with Crippen LogP contribution >= 0.6 is 11.8 Å². The first-order valence-corrected chi connectivity index (χ1v) is 8.56. The Morgan fingerprint density at radius 3 is 2.57 bits per heavy atom. The van der Waals surface area contributed by atoms with Crippen molar-refractivity contribution in [3.8, 4) is 0 Å². The molecular formula is C14H25N5OS. The van der Waals surface area contributed by atoms with Crippen LogP contribution in [-0.4, -0.2) is 50.5 Å². The topological polar surface area (TPSA) is 77.0 Å². The van der Waals surface area contributed by atoms with Crippen molar-refractivity contribution in [2.75, 3.05) is 19.6 Å². The summed E-state index contributed by atoms with van der Waals surface area (Å²) in [6.07, 6.45) is 4.70. The molecule has 1 saturated heterocycles. The van der Waals surface area contributed by atoms with E-state index in [2.05, 4.69) is 10.2 Å². The summed E-state index contributed by atoms with van der Waals surface area (Å²) >= 11 is 1.48. The number of thioether (sulfide) groups is 1. The van der Waals surface area contributed by atoms with Gasteiger partial charge in [-0.2, -0.15) is 0 Å². The Kier molecular flexibility index (Phi) is 6.05. The molecule has 6 nitrogen and oxygen atoms in total. The maximum atomic E-state index is 12.6. The molecule has 0 aromatic carbocycles. The van der Waals surface area contributed by atoms with Gasteiger partial charge in [0, 0.05) is 26.2 Å². The van der Waals surface area contributed by atoms with Crippen molar-refractivity contribution in [2.24, 2.45) is 5.73 Å². The molecule has 0 aliphatic carbocycles. The molecule has 1 aromatic rings. The highest BCUT2D eigenvalue weighted by atomic mass is 32.2. The molecule has 118 valence electrons. The number of carbonyl (C=O) groups excluding carboxylic acids is 1. The Labute approximate surface area is 130 Å². The highest BCUT2D eigenvalue weighted by Crippen LogP contribution is 2.24. The third-order valence-corrected chi connectivity index (χ3v) is 4.87. The molecule has 1 unspecified atom stereocenters. The Morgan fingerprint density at radius 1 is 1.29 bits per heavy atom. The van der Waals surface area contributed by atoms with Gasteiger partial charge in [-0.25, -0.2) is 0 Å². The van der Waals surface area contributed by atoms with Crippen LogP contribution in [0.1, 0.15) is 38.4 Å². The fraction of sp³-hybridized carbons (Fsp3) is 0.786. The van der Waals surface area contributed by atoms with Crippen molar-refractivity contribution in [3.05, 3.63) is 5.82 Å². The first kappa shape index (κ1) is 16.3. The fourth-order valence-electron chi connectivity index (χ4n) is 2.59. The third kappa shape index (κ3) is 4.20. The predicted molar refractivity (Wildman–Crippen MR) is 84.2 cm³/mol. The van der Waals surface area contributed by atoms with Gasteiger partial charge in [-0.15, -0.1) is 10.2 Å². The third-order valence-electron chi connectivity index (χ3n) is 3.80. The second-order valence-electron chi connectivity index (χ2n) is 5.47. The van der Waals surface area contributed by atoms with Crippen LogP contribution in [0.5, 0.6) is 0 Å². The van der Waals surface area contributed by atoms with E-state index < -0.39 is 0 Å². The summed E-state index contributed by atoms with van der Waals surface area (Å²) in [4.78, 5) is 14.6. The lowest BCUT2D eigenvalue weighted by molar-refractivity contribution is -0.130. The van der Waals surface area contributed by atoms with Gasteiger partial charge in [0.2, 0.25) is 5.91 Å². The second-order valence-corrected chi connectivity index (χ2v) is 6.78. The first-order chi connectivity index (χ1) is 10.1. The van der Waals surface area contributed by atoms with Gasteiger partial charge < -0.3 is 15.2 Å². The van der Waals surface area contributed by atoms with Gasteiger partial charge in [0.05, 0.1) is 5.25 Å². The molecule has 0 radical (unpaired) electrons. The highest BCUT2D eigenvalue weighted by Gasteiger charge is 2.24. The van der Waals surface area contributed by atoms with Crippen molar-refractivity contribution >= 4 is 17.7 Å². The lowest BCUT2D eigenvalue weighted by Crippen LogP contribution is -2.37. The van der Waals surface area contributed by atoms with Crippen LogP contribution in [0.4, 0.5) is 0 Å². The molecule has 2 heterocycles. The van der Waals surface area contributed by atoms with Gasteiger partial charge in [-0.1, -0.05) is 24.6 Å². The number of aryl methyl sites for hydroxylation is 1. The van der Waals surface area contributed by atoms with Crippen LogP contribution in [0.25, 0.3) is 0 Å². The molecule has 1 aliphatic rings. The summed E-state index contributed by atoms with van der Waals surface area (Å²) in [5.41, 5.74) is 5.62. The average Bonchev–Trinajstić information content (AvgIpc) is 2.72. The summed E-state index contributed by atoms with van der Waals surface area (Å²) in [7, 11) is 0. The lowest BCUT2D eigenvalue weighted by atomic mass is 10.2. The van der Waals surface area contributed by atoms with E-state index in [0.717, 1.165) is 36.9 Å². The van der Waals surface area contributed by atoms with Crippen LogP contribution in [0.3, 0.4) is 0 Å². The van der Waals surface area contributed by atoms with E-state index in [1.165, 1.54) is 24.6 Å². The van der Waals surface area contributed by atoms with Gasteiger partial charge >= 0.3 is 0 Å². The first-order valence-electron chi connectivity index (χ1n) is 7.68. The smallest absolute Gasteiger partial charge is 0.235 e. The van der Waals surface area contributed by atoms with E-state index in [1.807, 2.05) is 23.3 Å². The van der Waals surface area contributed by atoms with Crippen LogP contribution in [0.15, 0.2) is 5.16 Å². The SMILES string of the molecule is Cc1nnc(SC(C)C(=O)N2CCCCCC2)n1CCN. The van der Waals surface area contributed by atoms with E-state index >= 15 is 0 Å². The molecule has 1 amide bonds. The van der Waals surface area contributed by atoms with Crippen LogP contribution < -0.4 is 5.73 Å². The molecule has 21 heavy (non-hydrogen) atoms. The van der Waals surface area contributed by atoms with Crippen molar-refractivity contribution < 1.29 is 4.79 Å². The Balaban J connectivity index is 1.99. The van der Waals surface area contributed by atoms with Crippen molar-refractivity contribution in [3.63, 3.8) is 0 Å². The van der Waals surface area contributed by atoms with Crippen LogP contribution in [0, 0.1) is 6.92 Å². The zero-order valence-electron chi connectivity index (χ0n) is 12.9. The van der Waals surface area contributed by atoms with E-state index in [-0.39, 0.29) is 11.2 Å². The summed E-state index contributed by atoms with van der Waals surface area (Å²) in [6.45, 7) is 6.87. The number of carbonyl (C=O) groups is 1. The van der Waals surface area contributed by atoms with Crippen molar-refractivity contribution in [1.82, 2.24) is 19.7 Å². The molecule has 2 rings (SSSR count). The monoisotopic (exact) mass is 311 g/mol.